The molecule has 2 rings (SSSR count). The number of hydrogen-bond acceptors (Lipinski definition) is 4. The molecule has 110 valence electrons. The highest BCUT2D eigenvalue weighted by atomic mass is 16.5. The van der Waals surface area contributed by atoms with Crippen molar-refractivity contribution < 1.29 is 9.53 Å². The van der Waals surface area contributed by atoms with E-state index < -0.39 is 0 Å². The number of rotatable bonds is 5. The molecule has 2 saturated heterocycles. The Morgan fingerprint density at radius 1 is 1.26 bits per heavy atom. The summed E-state index contributed by atoms with van der Waals surface area (Å²) < 4.78 is 5.31. The second-order valence-corrected chi connectivity index (χ2v) is 5.50. The number of nitrogens with zero attached hydrogens (tertiary/aromatic N) is 1. The minimum Gasteiger partial charge on any atom is -0.381 e. The monoisotopic (exact) mass is 269 g/mol. The lowest BCUT2D eigenvalue weighted by atomic mass is 10.0. The highest BCUT2D eigenvalue weighted by molar-refractivity contribution is 5.78. The van der Waals surface area contributed by atoms with Gasteiger partial charge < -0.3 is 15.4 Å². The van der Waals surface area contributed by atoms with Gasteiger partial charge in [0.2, 0.25) is 5.91 Å². The van der Waals surface area contributed by atoms with Gasteiger partial charge in [0, 0.05) is 25.3 Å². The van der Waals surface area contributed by atoms with Gasteiger partial charge in [0.1, 0.15) is 0 Å². The van der Waals surface area contributed by atoms with Crippen LogP contribution in [0.3, 0.4) is 0 Å². The van der Waals surface area contributed by atoms with Crippen LogP contribution in [0.1, 0.15) is 32.6 Å². The zero-order chi connectivity index (χ0) is 13.5. The molecular formula is C14H27N3O2. The lowest BCUT2D eigenvalue weighted by Gasteiger charge is -2.34. The Labute approximate surface area is 116 Å². The summed E-state index contributed by atoms with van der Waals surface area (Å²) in [5, 5.41) is 6.52. The van der Waals surface area contributed by atoms with Gasteiger partial charge >= 0.3 is 0 Å². The maximum atomic E-state index is 12.1. The fourth-order valence-electron chi connectivity index (χ4n) is 2.97. The molecule has 0 bridgehead atoms. The third-order valence-electron chi connectivity index (χ3n) is 4.16. The molecule has 0 aromatic rings. The van der Waals surface area contributed by atoms with Crippen LogP contribution < -0.4 is 10.6 Å². The summed E-state index contributed by atoms with van der Waals surface area (Å²) in [6, 6.07) is 0.875. The van der Waals surface area contributed by atoms with Crippen LogP contribution in [0.5, 0.6) is 0 Å². The van der Waals surface area contributed by atoms with Gasteiger partial charge in [-0.1, -0.05) is 6.92 Å². The van der Waals surface area contributed by atoms with Crippen LogP contribution in [-0.2, 0) is 9.53 Å². The SMILES string of the molecule is CCN(CC(=O)NC1CCOCC1)C1CCNCC1. The van der Waals surface area contributed by atoms with E-state index in [2.05, 4.69) is 22.5 Å². The third kappa shape index (κ3) is 4.75. The highest BCUT2D eigenvalue weighted by Crippen LogP contribution is 2.11. The smallest absolute Gasteiger partial charge is 0.234 e. The molecule has 0 spiro atoms. The van der Waals surface area contributed by atoms with E-state index in [4.69, 9.17) is 4.74 Å². The van der Waals surface area contributed by atoms with Crippen LogP contribution in [0.2, 0.25) is 0 Å². The van der Waals surface area contributed by atoms with Crippen molar-refractivity contribution in [3.05, 3.63) is 0 Å². The van der Waals surface area contributed by atoms with E-state index in [0.717, 1.165) is 58.5 Å². The molecule has 19 heavy (non-hydrogen) atoms. The van der Waals surface area contributed by atoms with Crippen LogP contribution in [0, 0.1) is 0 Å². The van der Waals surface area contributed by atoms with Gasteiger partial charge in [0.25, 0.3) is 0 Å². The molecule has 5 heteroatoms. The molecule has 0 aliphatic carbocycles. The quantitative estimate of drug-likeness (QED) is 0.756. The normalized spacial score (nSPS) is 22.6. The largest absolute Gasteiger partial charge is 0.381 e. The Morgan fingerprint density at radius 2 is 1.95 bits per heavy atom. The molecule has 0 atom stereocenters. The zero-order valence-electron chi connectivity index (χ0n) is 12.0. The Hall–Kier alpha value is -0.650. The minimum atomic E-state index is 0.173. The Bertz CT molecular complexity index is 274. The first-order valence-electron chi connectivity index (χ1n) is 7.61. The summed E-state index contributed by atoms with van der Waals surface area (Å²) in [5.41, 5.74) is 0. The van der Waals surface area contributed by atoms with Gasteiger partial charge in [-0.25, -0.2) is 0 Å². The van der Waals surface area contributed by atoms with E-state index in [1.807, 2.05) is 0 Å². The van der Waals surface area contributed by atoms with Crippen molar-refractivity contribution in [3.63, 3.8) is 0 Å². The lowest BCUT2D eigenvalue weighted by molar-refractivity contribution is -0.124. The zero-order valence-corrected chi connectivity index (χ0v) is 12.0. The fraction of sp³-hybridized carbons (Fsp3) is 0.929. The first-order chi connectivity index (χ1) is 9.29. The number of piperidine rings is 1. The number of nitrogens with one attached hydrogen (secondary N) is 2. The first-order valence-corrected chi connectivity index (χ1v) is 7.61. The summed E-state index contributed by atoms with van der Waals surface area (Å²) in [6.45, 7) is 7.33. The van der Waals surface area contributed by atoms with E-state index in [9.17, 15) is 4.79 Å². The lowest BCUT2D eigenvalue weighted by Crippen LogP contribution is -2.49. The third-order valence-corrected chi connectivity index (χ3v) is 4.16. The predicted octanol–water partition coefficient (Wildman–Crippen LogP) is 0.356. The van der Waals surface area contributed by atoms with Crippen LogP contribution in [0.4, 0.5) is 0 Å². The standard InChI is InChI=1S/C14H27N3O2/c1-2-17(13-3-7-15-8-4-13)11-14(18)16-12-5-9-19-10-6-12/h12-13,15H,2-11H2,1H3,(H,16,18). The second-order valence-electron chi connectivity index (χ2n) is 5.50. The average molecular weight is 269 g/mol. The molecule has 5 nitrogen and oxygen atoms in total. The number of amides is 1. The van der Waals surface area contributed by atoms with Crippen molar-refractivity contribution >= 4 is 5.91 Å². The number of carbonyl (C=O) groups is 1. The number of likely N-dealkylation sites (N-methyl/N-ethyl adjacent to an activating group) is 1. The van der Waals surface area contributed by atoms with Gasteiger partial charge in [-0.15, -0.1) is 0 Å². The number of carbonyl (C=O) groups excluding carboxylic acids is 1. The number of hydrogen-bond donors (Lipinski definition) is 2. The molecule has 0 radical (unpaired) electrons. The summed E-state index contributed by atoms with van der Waals surface area (Å²) in [7, 11) is 0. The van der Waals surface area contributed by atoms with Crippen LogP contribution >= 0.6 is 0 Å². The molecule has 0 aromatic carbocycles. The Kier molecular flexibility index (Phi) is 6.07. The predicted molar refractivity (Wildman–Crippen MR) is 75.1 cm³/mol. The van der Waals surface area contributed by atoms with Crippen LogP contribution in [0.15, 0.2) is 0 Å². The molecule has 0 unspecified atom stereocenters. The minimum absolute atomic E-state index is 0.173. The maximum absolute atomic E-state index is 12.1. The van der Waals surface area contributed by atoms with E-state index in [0.29, 0.717) is 18.6 Å². The Balaban J connectivity index is 1.74. The maximum Gasteiger partial charge on any atom is 0.234 e. The van der Waals surface area contributed by atoms with Crippen molar-refractivity contribution in [3.8, 4) is 0 Å². The van der Waals surface area contributed by atoms with Gasteiger partial charge in [0.05, 0.1) is 6.54 Å². The van der Waals surface area contributed by atoms with Gasteiger partial charge in [-0.05, 0) is 45.3 Å². The van der Waals surface area contributed by atoms with E-state index in [-0.39, 0.29) is 5.91 Å². The summed E-state index contributed by atoms with van der Waals surface area (Å²) in [4.78, 5) is 14.4. The van der Waals surface area contributed by atoms with Crippen molar-refractivity contribution in [2.24, 2.45) is 0 Å². The van der Waals surface area contributed by atoms with Crippen molar-refractivity contribution in [1.29, 1.82) is 0 Å². The molecule has 2 fully saturated rings. The van der Waals surface area contributed by atoms with Crippen molar-refractivity contribution in [2.75, 3.05) is 39.4 Å². The molecule has 2 aliphatic heterocycles. The molecule has 0 saturated carbocycles. The van der Waals surface area contributed by atoms with Gasteiger partial charge in [0.15, 0.2) is 0 Å². The summed E-state index contributed by atoms with van der Waals surface area (Å²) in [5.74, 6) is 0.173. The topological polar surface area (TPSA) is 53.6 Å². The van der Waals surface area contributed by atoms with Crippen LogP contribution in [-0.4, -0.2) is 62.3 Å². The molecule has 2 heterocycles. The first kappa shape index (κ1) is 14.8. The average Bonchev–Trinajstić information content (AvgIpc) is 2.47. The summed E-state index contributed by atoms with van der Waals surface area (Å²) >= 11 is 0. The van der Waals surface area contributed by atoms with E-state index in [1.54, 1.807) is 0 Å². The van der Waals surface area contributed by atoms with Crippen molar-refractivity contribution in [1.82, 2.24) is 15.5 Å². The van der Waals surface area contributed by atoms with Gasteiger partial charge in [-0.3, -0.25) is 9.69 Å². The highest BCUT2D eigenvalue weighted by Gasteiger charge is 2.23. The summed E-state index contributed by atoms with van der Waals surface area (Å²) in [6.07, 6.45) is 4.20. The molecule has 2 N–H and O–H groups in total. The van der Waals surface area contributed by atoms with Crippen LogP contribution in [0.25, 0.3) is 0 Å². The van der Waals surface area contributed by atoms with Crippen molar-refractivity contribution in [2.45, 2.75) is 44.7 Å². The second kappa shape index (κ2) is 7.82. The Morgan fingerprint density at radius 3 is 2.58 bits per heavy atom. The van der Waals surface area contributed by atoms with Gasteiger partial charge in [-0.2, -0.15) is 0 Å². The molecule has 0 aromatic heterocycles. The number of ether oxygens (including phenoxy) is 1. The molecule has 1 amide bonds. The van der Waals surface area contributed by atoms with E-state index >= 15 is 0 Å². The fourth-order valence-corrected chi connectivity index (χ4v) is 2.97. The molecule has 2 aliphatic rings. The molecular weight excluding hydrogens is 242 g/mol. The van der Waals surface area contributed by atoms with E-state index in [1.165, 1.54) is 0 Å².